The average molecular weight is 504 g/mol. The summed E-state index contributed by atoms with van der Waals surface area (Å²) in [5.74, 6) is -0.623. The predicted molar refractivity (Wildman–Crippen MR) is 140 cm³/mol. The van der Waals surface area contributed by atoms with Crippen molar-refractivity contribution in [3.05, 3.63) is 116 Å². The Bertz CT molecular complexity index is 1630. The summed E-state index contributed by atoms with van der Waals surface area (Å²) >= 11 is 7.95. The standard InChI is InChI=1S/C27H19ClFN3O2S/c1-2-21(22-10-9-20(29)14-23(22)28)26(18-8-11-24-19(13-18)15-30-35-24)17-6-3-16(4-7-17)5-12-25-31-27(33)34-32-25/h3-15H,2H2,1H3,(H,31,32,33)/b12-5+,26-21+. The second-order valence-electron chi connectivity index (χ2n) is 7.85. The molecule has 0 aliphatic carbocycles. The van der Waals surface area contributed by atoms with Gasteiger partial charge in [0.05, 0.1) is 9.72 Å². The predicted octanol–water partition coefficient (Wildman–Crippen LogP) is 7.30. The quantitative estimate of drug-likeness (QED) is 0.247. The Morgan fingerprint density at radius 3 is 2.60 bits per heavy atom. The van der Waals surface area contributed by atoms with E-state index >= 15 is 0 Å². The molecule has 35 heavy (non-hydrogen) atoms. The lowest BCUT2D eigenvalue weighted by Crippen LogP contribution is -1.96. The highest BCUT2D eigenvalue weighted by atomic mass is 35.5. The highest BCUT2D eigenvalue weighted by Gasteiger charge is 2.16. The molecule has 0 fully saturated rings. The zero-order chi connectivity index (χ0) is 24.4. The first-order valence-electron chi connectivity index (χ1n) is 10.9. The molecular weight excluding hydrogens is 485 g/mol. The number of fused-ring (bicyclic) bond motifs is 1. The van der Waals surface area contributed by atoms with Crippen LogP contribution in [0.5, 0.6) is 0 Å². The fourth-order valence-corrected chi connectivity index (χ4v) is 4.94. The SMILES string of the molecule is CC/C(=C(/c1ccc(/C=C/c2noc(=O)[nH]2)cc1)c1ccc2sncc2c1)c1ccc(F)cc1Cl. The summed E-state index contributed by atoms with van der Waals surface area (Å²) in [6, 6.07) is 18.8. The number of aromatic nitrogens is 3. The van der Waals surface area contributed by atoms with Crippen LogP contribution in [0.15, 0.2) is 76.2 Å². The zero-order valence-electron chi connectivity index (χ0n) is 18.6. The number of H-pyrrole nitrogens is 1. The lowest BCUT2D eigenvalue weighted by atomic mass is 9.87. The Hall–Kier alpha value is -3.81. The Kier molecular flexibility index (Phi) is 6.44. The number of nitrogens with zero attached hydrogens (tertiary/aromatic N) is 2. The molecule has 2 aromatic heterocycles. The molecule has 0 radical (unpaired) electrons. The molecular formula is C27H19ClFN3O2S. The second-order valence-corrected chi connectivity index (χ2v) is 9.09. The number of hydrogen-bond acceptors (Lipinski definition) is 5. The molecule has 0 aliphatic rings. The van der Waals surface area contributed by atoms with Gasteiger partial charge in [0.15, 0.2) is 5.82 Å². The van der Waals surface area contributed by atoms with Crippen molar-refractivity contribution in [3.8, 4) is 0 Å². The molecule has 1 N–H and O–H groups in total. The van der Waals surface area contributed by atoms with Gasteiger partial charge >= 0.3 is 5.76 Å². The summed E-state index contributed by atoms with van der Waals surface area (Å²) in [6.07, 6.45) is 6.06. The molecule has 3 aromatic carbocycles. The minimum atomic E-state index is -0.598. The van der Waals surface area contributed by atoms with Crippen LogP contribution in [0.1, 0.15) is 41.4 Å². The number of rotatable bonds is 6. The maximum Gasteiger partial charge on any atom is 0.439 e. The van der Waals surface area contributed by atoms with Crippen molar-refractivity contribution in [3.63, 3.8) is 0 Å². The molecule has 174 valence electrons. The van der Waals surface area contributed by atoms with Gasteiger partial charge < -0.3 is 0 Å². The van der Waals surface area contributed by atoms with Gasteiger partial charge in [0.2, 0.25) is 0 Å². The highest BCUT2D eigenvalue weighted by Crippen LogP contribution is 2.38. The zero-order valence-corrected chi connectivity index (χ0v) is 20.2. The van der Waals surface area contributed by atoms with Crippen LogP contribution < -0.4 is 5.76 Å². The van der Waals surface area contributed by atoms with Crippen LogP contribution in [0.3, 0.4) is 0 Å². The van der Waals surface area contributed by atoms with Gasteiger partial charge in [0.1, 0.15) is 5.82 Å². The van der Waals surface area contributed by atoms with E-state index in [-0.39, 0.29) is 5.82 Å². The van der Waals surface area contributed by atoms with Crippen LogP contribution in [0.4, 0.5) is 4.39 Å². The maximum absolute atomic E-state index is 13.8. The smallest absolute Gasteiger partial charge is 0.296 e. The van der Waals surface area contributed by atoms with Gasteiger partial charge in [0, 0.05) is 11.6 Å². The number of benzene rings is 3. The van der Waals surface area contributed by atoms with Gasteiger partial charge in [-0.15, -0.1) is 0 Å². The lowest BCUT2D eigenvalue weighted by Gasteiger charge is -2.18. The third-order valence-corrected chi connectivity index (χ3v) is 6.73. The first-order chi connectivity index (χ1) is 17.0. The molecule has 5 nitrogen and oxygen atoms in total. The summed E-state index contributed by atoms with van der Waals surface area (Å²) in [6.45, 7) is 2.06. The third kappa shape index (κ3) is 4.87. The van der Waals surface area contributed by atoms with Crippen molar-refractivity contribution in [2.24, 2.45) is 0 Å². The van der Waals surface area contributed by atoms with E-state index in [1.165, 1.54) is 23.7 Å². The fourth-order valence-electron chi connectivity index (χ4n) is 4.03. The molecule has 8 heteroatoms. The monoisotopic (exact) mass is 503 g/mol. The minimum absolute atomic E-state index is 0.344. The fraction of sp³-hybridized carbons (Fsp3) is 0.0741. The van der Waals surface area contributed by atoms with Crippen LogP contribution in [0.2, 0.25) is 5.02 Å². The van der Waals surface area contributed by atoms with E-state index in [1.54, 1.807) is 12.1 Å². The topological polar surface area (TPSA) is 71.8 Å². The first-order valence-corrected chi connectivity index (χ1v) is 12.0. The Morgan fingerprint density at radius 2 is 1.89 bits per heavy atom. The van der Waals surface area contributed by atoms with Crippen molar-refractivity contribution >= 4 is 56.5 Å². The summed E-state index contributed by atoms with van der Waals surface area (Å²) in [5, 5.41) is 5.07. The van der Waals surface area contributed by atoms with Crippen molar-refractivity contribution in [2.45, 2.75) is 13.3 Å². The Morgan fingerprint density at radius 1 is 1.09 bits per heavy atom. The van der Waals surface area contributed by atoms with Crippen molar-refractivity contribution in [1.82, 2.24) is 14.5 Å². The maximum atomic E-state index is 13.8. The van der Waals surface area contributed by atoms with Crippen molar-refractivity contribution in [2.75, 3.05) is 0 Å². The molecule has 0 saturated carbocycles. The number of hydrogen-bond donors (Lipinski definition) is 1. The molecule has 5 rings (SSSR count). The normalized spacial score (nSPS) is 12.4. The largest absolute Gasteiger partial charge is 0.439 e. The van der Waals surface area contributed by atoms with Crippen LogP contribution in [0, 0.1) is 5.82 Å². The van der Waals surface area contributed by atoms with E-state index in [9.17, 15) is 9.18 Å². The minimum Gasteiger partial charge on any atom is -0.296 e. The number of halogens is 2. The van der Waals surface area contributed by atoms with Crippen LogP contribution >= 0.6 is 23.1 Å². The Labute approximate surface area is 209 Å². The van der Waals surface area contributed by atoms with Crippen LogP contribution in [0.25, 0.3) is 33.4 Å². The summed E-state index contributed by atoms with van der Waals surface area (Å²) < 4.78 is 23.7. The molecule has 5 aromatic rings. The van der Waals surface area contributed by atoms with Crippen LogP contribution in [-0.4, -0.2) is 14.5 Å². The number of nitrogens with one attached hydrogen (secondary N) is 1. The van der Waals surface area contributed by atoms with Gasteiger partial charge in [0.25, 0.3) is 0 Å². The molecule has 0 atom stereocenters. The van der Waals surface area contributed by atoms with Gasteiger partial charge in [-0.3, -0.25) is 9.51 Å². The van der Waals surface area contributed by atoms with Crippen LogP contribution in [-0.2, 0) is 0 Å². The second kappa shape index (κ2) is 9.82. The molecule has 0 spiro atoms. The molecule has 0 amide bonds. The Balaban J connectivity index is 1.63. The summed E-state index contributed by atoms with van der Waals surface area (Å²) in [5.41, 5.74) is 5.78. The van der Waals surface area contributed by atoms with E-state index < -0.39 is 5.76 Å². The molecule has 0 bridgehead atoms. The lowest BCUT2D eigenvalue weighted by molar-refractivity contribution is 0.385. The van der Waals surface area contributed by atoms with Crippen molar-refractivity contribution < 1.29 is 8.91 Å². The van der Waals surface area contributed by atoms with E-state index in [2.05, 4.69) is 44.2 Å². The van der Waals surface area contributed by atoms with Gasteiger partial charge in [-0.1, -0.05) is 66.2 Å². The third-order valence-electron chi connectivity index (χ3n) is 5.64. The average Bonchev–Trinajstić information content (AvgIpc) is 3.50. The van der Waals surface area contributed by atoms with E-state index in [0.29, 0.717) is 17.3 Å². The molecule has 0 aliphatic heterocycles. The van der Waals surface area contributed by atoms with Crippen molar-refractivity contribution in [1.29, 1.82) is 0 Å². The molecule has 0 saturated heterocycles. The van der Waals surface area contributed by atoms with E-state index in [0.717, 1.165) is 43.5 Å². The highest BCUT2D eigenvalue weighted by molar-refractivity contribution is 7.13. The molecule has 2 heterocycles. The van der Waals surface area contributed by atoms with Gasteiger partial charge in [-0.05, 0) is 81.7 Å². The van der Waals surface area contributed by atoms with Gasteiger partial charge in [-0.25, -0.2) is 9.18 Å². The van der Waals surface area contributed by atoms with E-state index in [1.807, 2.05) is 36.5 Å². The number of aromatic amines is 1. The van der Waals surface area contributed by atoms with E-state index in [4.69, 9.17) is 11.6 Å². The summed E-state index contributed by atoms with van der Waals surface area (Å²) in [4.78, 5) is 13.6. The first kappa shape index (κ1) is 23.0. The molecule has 0 unspecified atom stereocenters. The number of allylic oxidation sites excluding steroid dienone is 1. The van der Waals surface area contributed by atoms with Gasteiger partial charge in [-0.2, -0.15) is 4.37 Å². The summed E-state index contributed by atoms with van der Waals surface area (Å²) in [7, 11) is 0.